The highest BCUT2D eigenvalue weighted by molar-refractivity contribution is 7.94. The number of carbonyl (C=O) groups is 1. The summed E-state index contributed by atoms with van der Waals surface area (Å²) in [4.78, 5) is 10.9. The lowest BCUT2D eigenvalue weighted by Crippen LogP contribution is -2.15. The van der Waals surface area contributed by atoms with Gasteiger partial charge in [0.05, 0.1) is 18.4 Å². The number of rotatable bonds is 5. The van der Waals surface area contributed by atoms with Crippen LogP contribution in [-0.4, -0.2) is 26.6 Å². The van der Waals surface area contributed by atoms with Crippen molar-refractivity contribution in [3.63, 3.8) is 0 Å². The molecule has 0 amide bonds. The molecular formula is C16H19NO5S2. The van der Waals surface area contributed by atoms with Gasteiger partial charge in [0, 0.05) is 5.38 Å². The number of hydrogen-bond acceptors (Lipinski definition) is 5. The lowest BCUT2D eigenvalue weighted by molar-refractivity contribution is 0.0697. The van der Waals surface area contributed by atoms with Crippen LogP contribution in [0.3, 0.4) is 0 Å². The third kappa shape index (κ3) is 3.88. The molecule has 0 aliphatic rings. The maximum atomic E-state index is 12.5. The maximum Gasteiger partial charge on any atom is 0.336 e. The Hall–Kier alpha value is -2.06. The second-order valence-corrected chi connectivity index (χ2v) is 9.05. The van der Waals surface area contributed by atoms with Crippen molar-refractivity contribution >= 4 is 33.0 Å². The molecule has 0 radical (unpaired) electrons. The number of anilines is 1. The van der Waals surface area contributed by atoms with E-state index < -0.39 is 16.0 Å². The summed E-state index contributed by atoms with van der Waals surface area (Å²) in [5.74, 6) is -0.776. The van der Waals surface area contributed by atoms with E-state index in [9.17, 15) is 13.2 Å². The van der Waals surface area contributed by atoms with Gasteiger partial charge in [0.1, 0.15) is 9.96 Å². The van der Waals surface area contributed by atoms with Crippen molar-refractivity contribution in [2.45, 2.75) is 30.4 Å². The molecule has 130 valence electrons. The molecule has 6 nitrogen and oxygen atoms in total. The fourth-order valence-electron chi connectivity index (χ4n) is 2.02. The Balaban J connectivity index is 2.42. The smallest absolute Gasteiger partial charge is 0.336 e. The van der Waals surface area contributed by atoms with E-state index in [0.717, 1.165) is 23.0 Å². The highest BCUT2D eigenvalue weighted by atomic mass is 32.2. The minimum absolute atomic E-state index is 0.0595. The normalized spacial score (nSPS) is 12.0. The van der Waals surface area contributed by atoms with Gasteiger partial charge in [0.15, 0.2) is 0 Å². The first-order valence-electron chi connectivity index (χ1n) is 7.08. The van der Waals surface area contributed by atoms with Gasteiger partial charge in [-0.25, -0.2) is 13.2 Å². The van der Waals surface area contributed by atoms with Crippen LogP contribution in [0.2, 0.25) is 0 Å². The van der Waals surface area contributed by atoms with Crippen LogP contribution in [-0.2, 0) is 15.4 Å². The van der Waals surface area contributed by atoms with E-state index in [2.05, 4.69) is 4.72 Å². The molecule has 24 heavy (non-hydrogen) atoms. The molecule has 0 unspecified atom stereocenters. The lowest BCUT2D eigenvalue weighted by Gasteiger charge is -2.21. The molecule has 2 rings (SSSR count). The van der Waals surface area contributed by atoms with Crippen molar-refractivity contribution in [1.82, 2.24) is 0 Å². The number of hydrogen-bond donors (Lipinski definition) is 2. The van der Waals surface area contributed by atoms with Gasteiger partial charge in [0.25, 0.3) is 10.0 Å². The SMILES string of the molecule is COc1ccc(C(C)(C)C)cc1NS(=O)(=O)c1cc(C(=O)O)cs1. The van der Waals surface area contributed by atoms with Crippen molar-refractivity contribution in [2.24, 2.45) is 0 Å². The van der Waals surface area contributed by atoms with Gasteiger partial charge >= 0.3 is 5.97 Å². The molecule has 8 heteroatoms. The molecule has 1 heterocycles. The molecule has 1 aromatic carbocycles. The quantitative estimate of drug-likeness (QED) is 0.841. The fourth-order valence-corrected chi connectivity index (χ4v) is 4.23. The summed E-state index contributed by atoms with van der Waals surface area (Å²) in [5, 5.41) is 10.2. The van der Waals surface area contributed by atoms with Gasteiger partial charge in [-0.05, 0) is 29.2 Å². The fraction of sp³-hybridized carbons (Fsp3) is 0.312. The predicted molar refractivity (Wildman–Crippen MR) is 93.8 cm³/mol. The molecule has 0 aliphatic carbocycles. The van der Waals surface area contributed by atoms with Crippen molar-refractivity contribution in [1.29, 1.82) is 0 Å². The van der Waals surface area contributed by atoms with Crippen molar-refractivity contribution in [3.8, 4) is 5.75 Å². The Bertz CT molecular complexity index is 863. The second-order valence-electron chi connectivity index (χ2n) is 6.23. The Kier molecular flexibility index (Phi) is 4.91. The van der Waals surface area contributed by atoms with Gasteiger partial charge in [0.2, 0.25) is 0 Å². The highest BCUT2D eigenvalue weighted by Gasteiger charge is 2.22. The van der Waals surface area contributed by atoms with Gasteiger partial charge in [-0.2, -0.15) is 0 Å². The van der Waals surface area contributed by atoms with Crippen molar-refractivity contribution < 1.29 is 23.1 Å². The minimum Gasteiger partial charge on any atom is -0.495 e. The number of sulfonamides is 1. The first-order valence-corrected chi connectivity index (χ1v) is 9.44. The average Bonchev–Trinajstić information content (AvgIpc) is 2.96. The summed E-state index contributed by atoms with van der Waals surface area (Å²) >= 11 is 0.855. The molecule has 2 aromatic rings. The van der Waals surface area contributed by atoms with E-state index in [1.807, 2.05) is 26.8 Å². The third-order valence-corrected chi connectivity index (χ3v) is 6.20. The van der Waals surface area contributed by atoms with Crippen LogP contribution in [0.5, 0.6) is 5.75 Å². The molecule has 0 atom stereocenters. The van der Waals surface area contributed by atoms with Crippen LogP contribution in [0.4, 0.5) is 5.69 Å². The number of methoxy groups -OCH3 is 1. The Morgan fingerprint density at radius 1 is 1.25 bits per heavy atom. The average molecular weight is 369 g/mol. The third-order valence-electron chi connectivity index (χ3n) is 3.40. The molecular weight excluding hydrogens is 350 g/mol. The summed E-state index contributed by atoms with van der Waals surface area (Å²) in [7, 11) is -2.44. The van der Waals surface area contributed by atoms with E-state index in [1.165, 1.54) is 12.5 Å². The molecule has 0 spiro atoms. The van der Waals surface area contributed by atoms with E-state index in [0.29, 0.717) is 11.4 Å². The standard InChI is InChI=1S/C16H19NO5S2/c1-16(2,3)11-5-6-13(22-4)12(8-11)17-24(20,21)14-7-10(9-23-14)15(18)19/h5-9,17H,1-4H3,(H,18,19). The number of carboxylic acid groups (broad SMARTS) is 1. The van der Waals surface area contributed by atoms with E-state index in [1.54, 1.807) is 12.1 Å². The van der Waals surface area contributed by atoms with Crippen LogP contribution in [0.15, 0.2) is 33.9 Å². The molecule has 0 aliphatic heterocycles. The summed E-state index contributed by atoms with van der Waals surface area (Å²) in [6, 6.07) is 6.44. The van der Waals surface area contributed by atoms with Crippen LogP contribution >= 0.6 is 11.3 Å². The predicted octanol–water partition coefficient (Wildman–Crippen LogP) is 3.55. The highest BCUT2D eigenvalue weighted by Crippen LogP contribution is 2.33. The first-order chi connectivity index (χ1) is 11.0. The summed E-state index contributed by atoms with van der Waals surface area (Å²) in [6.45, 7) is 6.06. The zero-order valence-corrected chi connectivity index (χ0v) is 15.4. The largest absolute Gasteiger partial charge is 0.495 e. The van der Waals surface area contributed by atoms with Gasteiger partial charge in [-0.15, -0.1) is 11.3 Å². The number of benzene rings is 1. The van der Waals surface area contributed by atoms with Crippen LogP contribution < -0.4 is 9.46 Å². The number of nitrogens with one attached hydrogen (secondary N) is 1. The monoisotopic (exact) mass is 369 g/mol. The van der Waals surface area contributed by atoms with Gasteiger partial charge in [-0.3, -0.25) is 4.72 Å². The van der Waals surface area contributed by atoms with Gasteiger partial charge < -0.3 is 9.84 Å². The molecule has 0 saturated carbocycles. The Labute approximate surface area is 145 Å². The van der Waals surface area contributed by atoms with E-state index in [4.69, 9.17) is 9.84 Å². The second kappa shape index (κ2) is 6.45. The van der Waals surface area contributed by atoms with Crippen molar-refractivity contribution in [3.05, 3.63) is 40.8 Å². The summed E-state index contributed by atoms with van der Waals surface area (Å²) < 4.78 is 32.7. The molecule has 2 N–H and O–H groups in total. The number of thiophene rings is 1. The zero-order valence-electron chi connectivity index (χ0n) is 13.8. The zero-order chi connectivity index (χ0) is 18.1. The van der Waals surface area contributed by atoms with E-state index >= 15 is 0 Å². The van der Waals surface area contributed by atoms with Crippen LogP contribution in [0.25, 0.3) is 0 Å². The van der Waals surface area contributed by atoms with E-state index in [-0.39, 0.29) is 15.2 Å². The summed E-state index contributed by atoms with van der Waals surface area (Å²) in [5.41, 5.74) is 1.04. The van der Waals surface area contributed by atoms with Crippen LogP contribution in [0, 0.1) is 0 Å². The maximum absolute atomic E-state index is 12.5. The minimum atomic E-state index is -3.90. The molecule has 0 fully saturated rings. The molecule has 1 aromatic heterocycles. The number of ether oxygens (including phenoxy) is 1. The molecule has 0 bridgehead atoms. The lowest BCUT2D eigenvalue weighted by atomic mass is 9.87. The molecule has 0 saturated heterocycles. The first kappa shape index (κ1) is 18.3. The number of aromatic carboxylic acids is 1. The van der Waals surface area contributed by atoms with Crippen LogP contribution in [0.1, 0.15) is 36.7 Å². The summed E-state index contributed by atoms with van der Waals surface area (Å²) in [6.07, 6.45) is 0. The Morgan fingerprint density at radius 2 is 1.92 bits per heavy atom. The Morgan fingerprint density at radius 3 is 2.42 bits per heavy atom. The van der Waals surface area contributed by atoms with Crippen molar-refractivity contribution in [2.75, 3.05) is 11.8 Å². The van der Waals surface area contributed by atoms with Gasteiger partial charge in [-0.1, -0.05) is 26.8 Å². The number of carboxylic acids is 1. The topological polar surface area (TPSA) is 92.7 Å².